The minimum atomic E-state index is -0.945. The van der Waals surface area contributed by atoms with Gasteiger partial charge in [0.1, 0.15) is 0 Å². The summed E-state index contributed by atoms with van der Waals surface area (Å²) in [5.41, 5.74) is 0. The van der Waals surface area contributed by atoms with Crippen LogP contribution in [0.1, 0.15) is 32.1 Å². The standard InChI is InChI=1S/C11H20N2O4/c14-7-9(8-3-1-2-4-8)13-11(17)12-6-5-10(15)16/h8-9,14H,1-7H2,(H,15,16)(H2,12,13,17). The van der Waals surface area contributed by atoms with Gasteiger partial charge in [-0.25, -0.2) is 4.79 Å². The van der Waals surface area contributed by atoms with Crippen molar-refractivity contribution in [3.8, 4) is 0 Å². The highest BCUT2D eigenvalue weighted by atomic mass is 16.4. The number of carboxylic acids is 1. The van der Waals surface area contributed by atoms with Gasteiger partial charge in [0.15, 0.2) is 0 Å². The largest absolute Gasteiger partial charge is 0.481 e. The molecule has 1 fully saturated rings. The molecule has 17 heavy (non-hydrogen) atoms. The fourth-order valence-electron chi connectivity index (χ4n) is 2.17. The summed E-state index contributed by atoms with van der Waals surface area (Å²) in [5, 5.41) is 22.8. The van der Waals surface area contributed by atoms with Crippen LogP contribution in [0.2, 0.25) is 0 Å². The number of carboxylic acid groups (broad SMARTS) is 1. The summed E-state index contributed by atoms with van der Waals surface area (Å²) in [7, 11) is 0. The van der Waals surface area contributed by atoms with Crippen molar-refractivity contribution >= 4 is 12.0 Å². The molecule has 2 amide bonds. The van der Waals surface area contributed by atoms with Crippen LogP contribution in [0.3, 0.4) is 0 Å². The maximum atomic E-state index is 11.4. The molecule has 4 N–H and O–H groups in total. The molecule has 98 valence electrons. The molecule has 0 saturated heterocycles. The van der Waals surface area contributed by atoms with Gasteiger partial charge in [0.25, 0.3) is 0 Å². The summed E-state index contributed by atoms with van der Waals surface area (Å²) >= 11 is 0. The Labute approximate surface area is 100 Å². The number of aliphatic carboxylic acids is 1. The number of carbonyl (C=O) groups is 2. The van der Waals surface area contributed by atoms with Gasteiger partial charge in [-0.1, -0.05) is 12.8 Å². The Bertz CT molecular complexity index is 264. The molecule has 0 bridgehead atoms. The van der Waals surface area contributed by atoms with E-state index in [1.165, 1.54) is 0 Å². The van der Waals surface area contributed by atoms with Gasteiger partial charge in [0, 0.05) is 6.54 Å². The molecular formula is C11H20N2O4. The molecule has 6 heteroatoms. The maximum Gasteiger partial charge on any atom is 0.315 e. The van der Waals surface area contributed by atoms with E-state index < -0.39 is 12.0 Å². The minimum absolute atomic E-state index is 0.0724. The van der Waals surface area contributed by atoms with Gasteiger partial charge in [-0.3, -0.25) is 4.79 Å². The highest BCUT2D eigenvalue weighted by Crippen LogP contribution is 2.27. The van der Waals surface area contributed by atoms with E-state index in [1.807, 2.05) is 0 Å². The SMILES string of the molecule is O=C(O)CCNC(=O)NC(CO)C1CCCC1. The van der Waals surface area contributed by atoms with E-state index in [2.05, 4.69) is 10.6 Å². The highest BCUT2D eigenvalue weighted by molar-refractivity contribution is 5.75. The number of rotatable bonds is 6. The lowest BCUT2D eigenvalue weighted by atomic mass is 9.99. The number of hydrogen-bond donors (Lipinski definition) is 4. The molecular weight excluding hydrogens is 224 g/mol. The van der Waals surface area contributed by atoms with Crippen LogP contribution >= 0.6 is 0 Å². The Balaban J connectivity index is 2.24. The number of aliphatic hydroxyl groups is 1. The summed E-state index contributed by atoms with van der Waals surface area (Å²) in [6.07, 6.45) is 4.24. The molecule has 0 spiro atoms. The van der Waals surface area contributed by atoms with Crippen LogP contribution in [0.25, 0.3) is 0 Å². The van der Waals surface area contributed by atoms with Crippen molar-refractivity contribution < 1.29 is 19.8 Å². The van der Waals surface area contributed by atoms with E-state index in [9.17, 15) is 14.7 Å². The monoisotopic (exact) mass is 244 g/mol. The summed E-state index contributed by atoms with van der Waals surface area (Å²) in [4.78, 5) is 21.7. The molecule has 0 aliphatic heterocycles. The topological polar surface area (TPSA) is 98.7 Å². The summed E-state index contributed by atoms with van der Waals surface area (Å²) in [6.45, 7) is 0.0288. The smallest absolute Gasteiger partial charge is 0.315 e. The van der Waals surface area contributed by atoms with Gasteiger partial charge < -0.3 is 20.8 Å². The molecule has 0 aromatic heterocycles. The van der Waals surface area contributed by atoms with Gasteiger partial charge >= 0.3 is 12.0 Å². The third kappa shape index (κ3) is 5.04. The number of urea groups is 1. The normalized spacial score (nSPS) is 17.7. The third-order valence-corrected chi connectivity index (χ3v) is 3.11. The first-order chi connectivity index (χ1) is 8.13. The molecule has 1 aliphatic carbocycles. The van der Waals surface area contributed by atoms with Gasteiger partial charge in [-0.05, 0) is 18.8 Å². The number of nitrogens with one attached hydrogen (secondary N) is 2. The van der Waals surface area contributed by atoms with Crippen molar-refractivity contribution in [1.29, 1.82) is 0 Å². The molecule has 1 atom stereocenters. The zero-order valence-corrected chi connectivity index (χ0v) is 9.82. The quantitative estimate of drug-likeness (QED) is 0.540. The fraction of sp³-hybridized carbons (Fsp3) is 0.818. The average molecular weight is 244 g/mol. The Morgan fingerprint density at radius 3 is 2.47 bits per heavy atom. The molecule has 1 saturated carbocycles. The van der Waals surface area contributed by atoms with Crippen molar-refractivity contribution in [2.75, 3.05) is 13.2 Å². The highest BCUT2D eigenvalue weighted by Gasteiger charge is 2.25. The van der Waals surface area contributed by atoms with Crippen LogP contribution in [-0.2, 0) is 4.79 Å². The van der Waals surface area contributed by atoms with Gasteiger partial charge in [0.05, 0.1) is 19.1 Å². The Kier molecular flexibility index (Phi) is 5.76. The Hall–Kier alpha value is -1.30. The zero-order chi connectivity index (χ0) is 12.7. The zero-order valence-electron chi connectivity index (χ0n) is 9.82. The van der Waals surface area contributed by atoms with Crippen molar-refractivity contribution in [3.05, 3.63) is 0 Å². The van der Waals surface area contributed by atoms with Crippen LogP contribution in [0.15, 0.2) is 0 Å². The molecule has 0 radical (unpaired) electrons. The van der Waals surface area contributed by atoms with Crippen LogP contribution in [0, 0.1) is 5.92 Å². The van der Waals surface area contributed by atoms with Crippen molar-refractivity contribution in [2.45, 2.75) is 38.1 Å². The number of carbonyl (C=O) groups excluding carboxylic acids is 1. The summed E-state index contributed by atoms with van der Waals surface area (Å²) < 4.78 is 0. The summed E-state index contributed by atoms with van der Waals surface area (Å²) in [5.74, 6) is -0.606. The molecule has 0 aromatic carbocycles. The van der Waals surface area contributed by atoms with Gasteiger partial charge in [-0.2, -0.15) is 0 Å². The van der Waals surface area contributed by atoms with Crippen LogP contribution < -0.4 is 10.6 Å². The van der Waals surface area contributed by atoms with E-state index in [0.717, 1.165) is 25.7 Å². The van der Waals surface area contributed by atoms with E-state index >= 15 is 0 Å². The first-order valence-corrected chi connectivity index (χ1v) is 6.00. The number of aliphatic hydroxyl groups excluding tert-OH is 1. The van der Waals surface area contributed by atoms with Crippen LogP contribution in [-0.4, -0.2) is 41.4 Å². The van der Waals surface area contributed by atoms with Crippen molar-refractivity contribution in [2.24, 2.45) is 5.92 Å². The number of amides is 2. The summed E-state index contributed by atoms with van der Waals surface area (Å²) in [6, 6.07) is -0.625. The predicted octanol–water partition coefficient (Wildman–Crippen LogP) is 0.311. The lowest BCUT2D eigenvalue weighted by Gasteiger charge is -2.22. The lowest BCUT2D eigenvalue weighted by molar-refractivity contribution is -0.136. The molecule has 1 unspecified atom stereocenters. The minimum Gasteiger partial charge on any atom is -0.481 e. The third-order valence-electron chi connectivity index (χ3n) is 3.11. The maximum absolute atomic E-state index is 11.4. The molecule has 1 rings (SSSR count). The second kappa shape index (κ2) is 7.11. The molecule has 6 nitrogen and oxygen atoms in total. The van der Waals surface area contributed by atoms with Gasteiger partial charge in [0.2, 0.25) is 0 Å². The van der Waals surface area contributed by atoms with Crippen molar-refractivity contribution in [1.82, 2.24) is 10.6 Å². The number of hydrogen-bond acceptors (Lipinski definition) is 3. The molecule has 0 aromatic rings. The van der Waals surface area contributed by atoms with Gasteiger partial charge in [-0.15, -0.1) is 0 Å². The first-order valence-electron chi connectivity index (χ1n) is 6.00. The van der Waals surface area contributed by atoms with E-state index in [0.29, 0.717) is 5.92 Å². The first kappa shape index (κ1) is 13.8. The molecule has 0 heterocycles. The molecule has 1 aliphatic rings. The second-order valence-electron chi connectivity index (χ2n) is 4.38. The Morgan fingerprint density at radius 2 is 1.94 bits per heavy atom. The Morgan fingerprint density at radius 1 is 1.29 bits per heavy atom. The van der Waals surface area contributed by atoms with E-state index in [4.69, 9.17) is 5.11 Å². The van der Waals surface area contributed by atoms with Crippen molar-refractivity contribution in [3.63, 3.8) is 0 Å². The fourth-order valence-corrected chi connectivity index (χ4v) is 2.17. The van der Waals surface area contributed by atoms with E-state index in [-0.39, 0.29) is 25.6 Å². The average Bonchev–Trinajstić information content (AvgIpc) is 2.78. The lowest BCUT2D eigenvalue weighted by Crippen LogP contribution is -2.47. The van der Waals surface area contributed by atoms with Crippen LogP contribution in [0.5, 0.6) is 0 Å². The van der Waals surface area contributed by atoms with E-state index in [1.54, 1.807) is 0 Å². The second-order valence-corrected chi connectivity index (χ2v) is 4.38. The predicted molar refractivity (Wildman–Crippen MR) is 61.6 cm³/mol. The van der Waals surface area contributed by atoms with Crippen LogP contribution in [0.4, 0.5) is 4.79 Å².